The highest BCUT2D eigenvalue weighted by molar-refractivity contribution is 5.71. The zero-order valence-corrected chi connectivity index (χ0v) is 11.9. The first-order chi connectivity index (χ1) is 8.71. The first-order valence-electron chi connectivity index (χ1n) is 7.30. The van der Waals surface area contributed by atoms with Crippen molar-refractivity contribution in [1.29, 1.82) is 0 Å². The Balaban J connectivity index is 2.33. The molecule has 4 nitrogen and oxygen atoms in total. The molecule has 1 fully saturated rings. The standard InChI is InChI=1S/C14H28N2O2/c1-3-5-8-18-14(17)11-16-7-6-12(4-2)9-13(16)10-15/h12-13H,3-11,15H2,1-2H3. The highest BCUT2D eigenvalue weighted by atomic mass is 16.5. The molecule has 1 rings (SSSR count). The zero-order chi connectivity index (χ0) is 13.4. The predicted molar refractivity (Wildman–Crippen MR) is 73.3 cm³/mol. The molecule has 1 heterocycles. The fourth-order valence-corrected chi connectivity index (χ4v) is 2.55. The minimum atomic E-state index is -0.100. The Labute approximate surface area is 111 Å². The highest BCUT2D eigenvalue weighted by Gasteiger charge is 2.28. The van der Waals surface area contributed by atoms with Crippen LogP contribution in [0, 0.1) is 5.92 Å². The second-order valence-corrected chi connectivity index (χ2v) is 5.23. The average molecular weight is 256 g/mol. The van der Waals surface area contributed by atoms with Crippen molar-refractivity contribution in [1.82, 2.24) is 4.90 Å². The van der Waals surface area contributed by atoms with Crippen molar-refractivity contribution in [2.24, 2.45) is 11.7 Å². The molecule has 18 heavy (non-hydrogen) atoms. The van der Waals surface area contributed by atoms with Crippen LogP contribution in [0.5, 0.6) is 0 Å². The Morgan fingerprint density at radius 1 is 1.44 bits per heavy atom. The van der Waals surface area contributed by atoms with E-state index in [1.807, 2.05) is 0 Å². The Hall–Kier alpha value is -0.610. The van der Waals surface area contributed by atoms with Crippen LogP contribution in [0.25, 0.3) is 0 Å². The van der Waals surface area contributed by atoms with E-state index in [-0.39, 0.29) is 5.97 Å². The van der Waals surface area contributed by atoms with E-state index >= 15 is 0 Å². The summed E-state index contributed by atoms with van der Waals surface area (Å²) in [7, 11) is 0. The van der Waals surface area contributed by atoms with Crippen LogP contribution < -0.4 is 5.73 Å². The van der Waals surface area contributed by atoms with Crippen molar-refractivity contribution in [3.05, 3.63) is 0 Å². The van der Waals surface area contributed by atoms with E-state index in [2.05, 4.69) is 18.7 Å². The minimum Gasteiger partial charge on any atom is -0.465 e. The van der Waals surface area contributed by atoms with E-state index < -0.39 is 0 Å². The Morgan fingerprint density at radius 2 is 2.22 bits per heavy atom. The van der Waals surface area contributed by atoms with E-state index in [1.165, 1.54) is 12.8 Å². The molecule has 2 unspecified atom stereocenters. The molecule has 0 aromatic heterocycles. The number of piperidine rings is 1. The maximum atomic E-state index is 11.7. The van der Waals surface area contributed by atoms with E-state index in [4.69, 9.17) is 10.5 Å². The van der Waals surface area contributed by atoms with Crippen LogP contribution in [-0.2, 0) is 9.53 Å². The normalized spacial score (nSPS) is 25.1. The van der Waals surface area contributed by atoms with Gasteiger partial charge in [-0.3, -0.25) is 9.69 Å². The molecule has 2 N–H and O–H groups in total. The SMILES string of the molecule is CCCCOC(=O)CN1CCC(CC)CC1CN. The molecular weight excluding hydrogens is 228 g/mol. The van der Waals surface area contributed by atoms with Gasteiger partial charge in [0.2, 0.25) is 0 Å². The lowest BCUT2D eigenvalue weighted by atomic mass is 9.89. The number of hydrogen-bond acceptors (Lipinski definition) is 4. The molecule has 0 aromatic carbocycles. The van der Waals surface area contributed by atoms with Gasteiger partial charge in [-0.25, -0.2) is 0 Å². The van der Waals surface area contributed by atoms with Crippen LogP contribution in [0.3, 0.4) is 0 Å². The Bertz CT molecular complexity index is 246. The van der Waals surface area contributed by atoms with Gasteiger partial charge in [0.15, 0.2) is 0 Å². The average Bonchev–Trinajstić information content (AvgIpc) is 2.39. The topological polar surface area (TPSA) is 55.6 Å². The summed E-state index contributed by atoms with van der Waals surface area (Å²) in [6, 6.07) is 0.349. The van der Waals surface area contributed by atoms with Gasteiger partial charge in [-0.1, -0.05) is 26.7 Å². The molecule has 4 heteroatoms. The molecule has 2 atom stereocenters. The van der Waals surface area contributed by atoms with Crippen LogP contribution in [0.4, 0.5) is 0 Å². The summed E-state index contributed by atoms with van der Waals surface area (Å²) in [5.41, 5.74) is 5.81. The van der Waals surface area contributed by atoms with Crippen molar-refractivity contribution in [3.63, 3.8) is 0 Å². The van der Waals surface area contributed by atoms with Crippen molar-refractivity contribution >= 4 is 5.97 Å². The summed E-state index contributed by atoms with van der Waals surface area (Å²) >= 11 is 0. The number of unbranched alkanes of at least 4 members (excludes halogenated alkanes) is 1. The van der Waals surface area contributed by atoms with Crippen LogP contribution in [-0.4, -0.2) is 43.2 Å². The molecule has 0 bridgehead atoms. The summed E-state index contributed by atoms with van der Waals surface area (Å²) in [5, 5.41) is 0. The van der Waals surface area contributed by atoms with Crippen molar-refractivity contribution in [3.8, 4) is 0 Å². The van der Waals surface area contributed by atoms with E-state index in [0.29, 0.717) is 25.7 Å². The number of carbonyl (C=O) groups is 1. The molecule has 1 aliphatic rings. The lowest BCUT2D eigenvalue weighted by molar-refractivity contribution is -0.146. The van der Waals surface area contributed by atoms with Crippen LogP contribution >= 0.6 is 0 Å². The van der Waals surface area contributed by atoms with Gasteiger partial charge < -0.3 is 10.5 Å². The quantitative estimate of drug-likeness (QED) is 0.557. The predicted octanol–water partition coefficient (Wildman–Crippen LogP) is 1.78. The van der Waals surface area contributed by atoms with Gasteiger partial charge in [0.25, 0.3) is 0 Å². The Kier molecular flexibility index (Phi) is 7.28. The van der Waals surface area contributed by atoms with Gasteiger partial charge in [0.05, 0.1) is 13.2 Å². The number of carbonyl (C=O) groups excluding carboxylic acids is 1. The molecule has 0 saturated carbocycles. The van der Waals surface area contributed by atoms with Gasteiger partial charge in [0.1, 0.15) is 0 Å². The van der Waals surface area contributed by atoms with Crippen molar-refractivity contribution in [2.45, 2.75) is 52.0 Å². The summed E-state index contributed by atoms with van der Waals surface area (Å²) in [4.78, 5) is 13.9. The molecule has 1 aliphatic heterocycles. The second kappa shape index (κ2) is 8.48. The number of nitrogens with two attached hydrogens (primary N) is 1. The van der Waals surface area contributed by atoms with Crippen LogP contribution in [0.15, 0.2) is 0 Å². The van der Waals surface area contributed by atoms with Crippen molar-refractivity contribution in [2.75, 3.05) is 26.2 Å². The Morgan fingerprint density at radius 3 is 2.83 bits per heavy atom. The smallest absolute Gasteiger partial charge is 0.320 e. The lowest BCUT2D eigenvalue weighted by Gasteiger charge is -2.38. The summed E-state index contributed by atoms with van der Waals surface area (Å²) in [5.74, 6) is 0.669. The van der Waals surface area contributed by atoms with Gasteiger partial charge in [-0.05, 0) is 31.7 Å². The van der Waals surface area contributed by atoms with Gasteiger partial charge >= 0.3 is 5.97 Å². The maximum absolute atomic E-state index is 11.7. The zero-order valence-electron chi connectivity index (χ0n) is 11.9. The minimum absolute atomic E-state index is 0.100. The van der Waals surface area contributed by atoms with Crippen LogP contribution in [0.2, 0.25) is 0 Å². The fraction of sp³-hybridized carbons (Fsp3) is 0.929. The molecule has 0 amide bonds. The third-order valence-corrected chi connectivity index (χ3v) is 3.89. The van der Waals surface area contributed by atoms with Gasteiger partial charge in [0, 0.05) is 12.6 Å². The summed E-state index contributed by atoms with van der Waals surface area (Å²) in [6.45, 7) is 6.89. The van der Waals surface area contributed by atoms with Gasteiger partial charge in [-0.2, -0.15) is 0 Å². The number of esters is 1. The summed E-state index contributed by atoms with van der Waals surface area (Å²) in [6.07, 6.45) is 5.51. The maximum Gasteiger partial charge on any atom is 0.320 e. The molecular formula is C14H28N2O2. The number of ether oxygens (including phenoxy) is 1. The highest BCUT2D eigenvalue weighted by Crippen LogP contribution is 2.24. The molecule has 1 saturated heterocycles. The first-order valence-corrected chi connectivity index (χ1v) is 7.30. The van der Waals surface area contributed by atoms with Gasteiger partial charge in [-0.15, -0.1) is 0 Å². The molecule has 0 radical (unpaired) electrons. The monoisotopic (exact) mass is 256 g/mol. The summed E-state index contributed by atoms with van der Waals surface area (Å²) < 4.78 is 5.21. The van der Waals surface area contributed by atoms with E-state index in [1.54, 1.807) is 0 Å². The molecule has 0 aliphatic carbocycles. The number of likely N-dealkylation sites (tertiary alicyclic amines) is 1. The third-order valence-electron chi connectivity index (χ3n) is 3.89. The number of hydrogen-bond donors (Lipinski definition) is 1. The van der Waals surface area contributed by atoms with Crippen molar-refractivity contribution < 1.29 is 9.53 Å². The number of nitrogens with zero attached hydrogens (tertiary/aromatic N) is 1. The largest absolute Gasteiger partial charge is 0.465 e. The van der Waals surface area contributed by atoms with Crippen LogP contribution in [0.1, 0.15) is 46.0 Å². The first kappa shape index (κ1) is 15.4. The second-order valence-electron chi connectivity index (χ2n) is 5.23. The fourth-order valence-electron chi connectivity index (χ4n) is 2.55. The number of rotatable bonds is 7. The molecule has 0 aromatic rings. The van der Waals surface area contributed by atoms with E-state index in [9.17, 15) is 4.79 Å². The van der Waals surface area contributed by atoms with E-state index in [0.717, 1.165) is 31.7 Å². The lowest BCUT2D eigenvalue weighted by Crippen LogP contribution is -2.48. The molecule has 0 spiro atoms. The molecule has 106 valence electrons. The third kappa shape index (κ3) is 4.94.